The number of aromatic nitrogens is 4. The van der Waals surface area contributed by atoms with E-state index in [1.165, 1.54) is 0 Å². The molecule has 3 N–H and O–H groups in total. The molecule has 0 bridgehead atoms. The average molecular weight is 489 g/mol. The number of rotatable bonds is 8. The van der Waals surface area contributed by atoms with Crippen LogP contribution in [0.15, 0.2) is 30.0 Å². The van der Waals surface area contributed by atoms with Crippen LogP contribution in [0.25, 0.3) is 0 Å². The van der Waals surface area contributed by atoms with E-state index < -0.39 is 11.8 Å². The van der Waals surface area contributed by atoms with Gasteiger partial charge in [-0.05, 0) is 43.7 Å². The van der Waals surface area contributed by atoms with Gasteiger partial charge < -0.3 is 20.7 Å². The predicted molar refractivity (Wildman–Crippen MR) is 129 cm³/mol. The predicted octanol–water partition coefficient (Wildman–Crippen LogP) is 1.94. The normalized spacial score (nSPS) is 23.2. The molecule has 1 saturated heterocycles. The Kier molecular flexibility index (Phi) is 6.50. The van der Waals surface area contributed by atoms with Gasteiger partial charge in [0.25, 0.3) is 11.8 Å². The lowest BCUT2D eigenvalue weighted by Gasteiger charge is -2.32. The summed E-state index contributed by atoms with van der Waals surface area (Å²) in [5.41, 5.74) is 7.34. The highest BCUT2D eigenvalue weighted by Crippen LogP contribution is 2.37. The van der Waals surface area contributed by atoms with Gasteiger partial charge in [-0.2, -0.15) is 20.2 Å². The van der Waals surface area contributed by atoms with Crippen LogP contribution in [0.2, 0.25) is 0 Å². The van der Waals surface area contributed by atoms with Gasteiger partial charge >= 0.3 is 6.01 Å². The molecule has 2 amide bonds. The van der Waals surface area contributed by atoms with E-state index in [-0.39, 0.29) is 35.3 Å². The Hall–Kier alpha value is -4.07. The maximum Gasteiger partial charge on any atom is 0.321 e. The summed E-state index contributed by atoms with van der Waals surface area (Å²) >= 11 is 0. The van der Waals surface area contributed by atoms with Crippen molar-refractivity contribution in [1.29, 1.82) is 5.26 Å². The summed E-state index contributed by atoms with van der Waals surface area (Å²) in [5.74, 6) is 0.218. The van der Waals surface area contributed by atoms with E-state index in [2.05, 4.69) is 38.2 Å². The van der Waals surface area contributed by atoms with Crippen molar-refractivity contribution < 1.29 is 14.3 Å². The molecular formula is C25H28N8O3. The number of ether oxygens (including phenoxy) is 1. The fraction of sp³-hybridized carbons (Fsp3) is 0.480. The van der Waals surface area contributed by atoms with Gasteiger partial charge in [0.2, 0.25) is 11.8 Å². The number of primary amides is 1. The molecule has 2 aliphatic carbocycles. The van der Waals surface area contributed by atoms with Crippen molar-refractivity contribution in [2.75, 3.05) is 24.6 Å². The fourth-order valence-corrected chi connectivity index (χ4v) is 4.57. The molecule has 0 radical (unpaired) electrons. The van der Waals surface area contributed by atoms with E-state index in [1.807, 2.05) is 17.0 Å². The highest BCUT2D eigenvalue weighted by molar-refractivity contribution is 5.92. The van der Waals surface area contributed by atoms with Crippen molar-refractivity contribution in [1.82, 2.24) is 25.3 Å². The van der Waals surface area contributed by atoms with Gasteiger partial charge in [-0.1, -0.05) is 19.1 Å². The lowest BCUT2D eigenvalue weighted by molar-refractivity contribution is 0.0947. The Morgan fingerprint density at radius 3 is 2.67 bits per heavy atom. The van der Waals surface area contributed by atoms with E-state index in [1.54, 1.807) is 12.1 Å². The average Bonchev–Trinajstić information content (AvgIpc) is 3.65. The number of allylic oxidation sites excluding steroid dienone is 2. The third-order valence-electron chi connectivity index (χ3n) is 6.84. The van der Waals surface area contributed by atoms with Gasteiger partial charge in [-0.3, -0.25) is 9.59 Å². The summed E-state index contributed by atoms with van der Waals surface area (Å²) in [6.07, 6.45) is 5.15. The van der Waals surface area contributed by atoms with Crippen LogP contribution in [0.3, 0.4) is 0 Å². The molecule has 2 unspecified atom stereocenters. The number of amides is 2. The quantitative estimate of drug-likeness (QED) is 0.566. The molecule has 2 aromatic rings. The zero-order chi connectivity index (χ0) is 25.2. The van der Waals surface area contributed by atoms with Crippen LogP contribution in [0.5, 0.6) is 6.01 Å². The Morgan fingerprint density at radius 1 is 1.22 bits per heavy atom. The SMILES string of the molecule is CC1C=C(NC(=O)c2nc(OC[C@H]3CC3C#N)nc(N3CCC(c4cccc(C(N)=O)n4)CC3)n2)C1. The van der Waals surface area contributed by atoms with E-state index in [9.17, 15) is 9.59 Å². The molecule has 0 aromatic carbocycles. The summed E-state index contributed by atoms with van der Waals surface area (Å²) < 4.78 is 5.78. The lowest BCUT2D eigenvalue weighted by atomic mass is 9.93. The molecule has 5 rings (SSSR count). The molecule has 1 aliphatic heterocycles. The first-order valence-corrected chi connectivity index (χ1v) is 12.2. The molecule has 186 valence electrons. The third kappa shape index (κ3) is 5.27. The first kappa shape index (κ1) is 23.7. The molecule has 1 saturated carbocycles. The van der Waals surface area contributed by atoms with Gasteiger partial charge in [0, 0.05) is 36.3 Å². The van der Waals surface area contributed by atoms with Crippen LogP contribution in [-0.4, -0.2) is 51.4 Å². The third-order valence-corrected chi connectivity index (χ3v) is 6.84. The van der Waals surface area contributed by atoms with Gasteiger partial charge in [0.1, 0.15) is 5.69 Å². The lowest BCUT2D eigenvalue weighted by Crippen LogP contribution is -2.36. The molecule has 3 atom stereocenters. The Bertz CT molecular complexity index is 1250. The molecule has 11 heteroatoms. The number of carbonyl (C=O) groups is 2. The van der Waals surface area contributed by atoms with Crippen LogP contribution in [0.1, 0.15) is 65.3 Å². The summed E-state index contributed by atoms with van der Waals surface area (Å²) in [4.78, 5) is 43.9. The van der Waals surface area contributed by atoms with Crippen LogP contribution >= 0.6 is 0 Å². The highest BCUT2D eigenvalue weighted by Gasteiger charge is 2.38. The second-order valence-electron chi connectivity index (χ2n) is 9.68. The summed E-state index contributed by atoms with van der Waals surface area (Å²) in [7, 11) is 0. The minimum Gasteiger partial charge on any atom is -0.463 e. The van der Waals surface area contributed by atoms with E-state index in [4.69, 9.17) is 15.7 Å². The molecule has 2 aromatic heterocycles. The molecule has 2 fully saturated rings. The summed E-state index contributed by atoms with van der Waals surface area (Å²) in [5, 5.41) is 11.9. The van der Waals surface area contributed by atoms with Gasteiger partial charge in [-0.15, -0.1) is 0 Å². The van der Waals surface area contributed by atoms with Crippen molar-refractivity contribution in [3.05, 3.63) is 47.2 Å². The second kappa shape index (κ2) is 9.89. The summed E-state index contributed by atoms with van der Waals surface area (Å²) in [6.45, 7) is 3.69. The van der Waals surface area contributed by atoms with Gasteiger partial charge in [-0.25, -0.2) is 4.98 Å². The smallest absolute Gasteiger partial charge is 0.321 e. The maximum absolute atomic E-state index is 12.8. The van der Waals surface area contributed by atoms with E-state index in [0.29, 0.717) is 31.6 Å². The molecule has 11 nitrogen and oxygen atoms in total. The van der Waals surface area contributed by atoms with Crippen LogP contribution in [0.4, 0.5) is 5.95 Å². The number of nitrogens with one attached hydrogen (secondary N) is 1. The van der Waals surface area contributed by atoms with E-state index >= 15 is 0 Å². The topological polar surface area (TPSA) is 160 Å². The van der Waals surface area contributed by atoms with Crippen LogP contribution in [-0.2, 0) is 0 Å². The standard InChI is InChI=1S/C25H28N8O3/c1-14-9-18(10-14)28-23(35)22-30-24(32-25(31-22)36-13-17-11-16(17)12-26)33-7-5-15(6-8-33)19-3-2-4-20(29-19)21(27)34/h2-4,9,14-17H,5-8,10-11,13H2,1H3,(H2,27,34)(H,28,35)/t14?,16?,17-/m1/s1. The molecule has 3 heterocycles. The number of nitrogens with two attached hydrogens (primary N) is 1. The largest absolute Gasteiger partial charge is 0.463 e. The first-order valence-electron chi connectivity index (χ1n) is 12.2. The number of nitriles is 1. The van der Waals surface area contributed by atoms with Crippen molar-refractivity contribution in [2.45, 2.75) is 38.5 Å². The number of anilines is 1. The van der Waals surface area contributed by atoms with Crippen molar-refractivity contribution in [3.63, 3.8) is 0 Å². The molecular weight excluding hydrogens is 460 g/mol. The second-order valence-corrected chi connectivity index (χ2v) is 9.68. The number of pyridine rings is 1. The number of hydrogen-bond acceptors (Lipinski definition) is 9. The Labute approximate surface area is 208 Å². The van der Waals surface area contributed by atoms with Crippen molar-refractivity contribution >= 4 is 17.8 Å². The zero-order valence-corrected chi connectivity index (χ0v) is 20.1. The Morgan fingerprint density at radius 2 is 2.00 bits per heavy atom. The molecule has 0 spiro atoms. The minimum atomic E-state index is -0.544. The fourth-order valence-electron chi connectivity index (χ4n) is 4.57. The first-order chi connectivity index (χ1) is 17.4. The van der Waals surface area contributed by atoms with Crippen LogP contribution < -0.4 is 20.7 Å². The summed E-state index contributed by atoms with van der Waals surface area (Å²) in [6, 6.07) is 7.64. The number of carbonyl (C=O) groups excluding carboxylic acids is 2. The molecule has 36 heavy (non-hydrogen) atoms. The van der Waals surface area contributed by atoms with Crippen molar-refractivity contribution in [3.8, 4) is 12.1 Å². The van der Waals surface area contributed by atoms with E-state index in [0.717, 1.165) is 37.1 Å². The van der Waals surface area contributed by atoms with Crippen molar-refractivity contribution in [2.24, 2.45) is 23.5 Å². The van der Waals surface area contributed by atoms with Crippen LogP contribution in [0, 0.1) is 29.1 Å². The number of hydrogen-bond donors (Lipinski definition) is 2. The maximum atomic E-state index is 12.8. The zero-order valence-electron chi connectivity index (χ0n) is 20.1. The van der Waals surface area contributed by atoms with Gasteiger partial charge in [0.15, 0.2) is 0 Å². The highest BCUT2D eigenvalue weighted by atomic mass is 16.5. The Balaban J connectivity index is 1.30. The monoisotopic (exact) mass is 488 g/mol. The molecule has 3 aliphatic rings. The minimum absolute atomic E-state index is 0.000956. The number of nitrogens with zero attached hydrogens (tertiary/aromatic N) is 6. The number of piperidine rings is 1. The van der Waals surface area contributed by atoms with Gasteiger partial charge in [0.05, 0.1) is 18.6 Å².